The normalized spacial score (nSPS) is 13.4. The van der Waals surface area contributed by atoms with Crippen molar-refractivity contribution in [3.63, 3.8) is 0 Å². The van der Waals surface area contributed by atoms with Gasteiger partial charge in [-0.2, -0.15) is 11.8 Å². The molecular weight excluding hydrogens is 374 g/mol. The predicted molar refractivity (Wildman–Crippen MR) is 110 cm³/mol. The fourth-order valence-corrected chi connectivity index (χ4v) is 4.30. The summed E-state index contributed by atoms with van der Waals surface area (Å²) in [4.78, 5) is 38.0. The molecule has 0 atom stereocenters. The number of aryl methyl sites for hydroxylation is 2. The van der Waals surface area contributed by atoms with Crippen LogP contribution in [0.4, 0.5) is 0 Å². The Balaban J connectivity index is 1.45. The van der Waals surface area contributed by atoms with E-state index in [1.807, 2.05) is 26.0 Å². The van der Waals surface area contributed by atoms with Crippen molar-refractivity contribution in [1.29, 1.82) is 0 Å². The number of amides is 2. The maximum absolute atomic E-state index is 12.4. The van der Waals surface area contributed by atoms with Crippen LogP contribution in [-0.2, 0) is 5.75 Å². The van der Waals surface area contributed by atoms with Gasteiger partial charge in [0.25, 0.3) is 11.8 Å². The third-order valence-electron chi connectivity index (χ3n) is 5.04. The van der Waals surface area contributed by atoms with E-state index in [1.165, 1.54) is 11.0 Å². The Morgan fingerprint density at radius 1 is 0.929 bits per heavy atom. The molecule has 5 nitrogen and oxygen atoms in total. The number of rotatable bonds is 5. The molecule has 0 unspecified atom stereocenters. The molecule has 0 N–H and O–H groups in total. The van der Waals surface area contributed by atoms with E-state index in [1.54, 1.807) is 36.0 Å². The fraction of sp³-hybridized carbons (Fsp3) is 0.227. The molecule has 142 valence electrons. The second-order valence-corrected chi connectivity index (χ2v) is 7.99. The van der Waals surface area contributed by atoms with Crippen molar-refractivity contribution in [3.05, 3.63) is 80.7 Å². The number of fused-ring (bicyclic) bond motifs is 2. The van der Waals surface area contributed by atoms with Gasteiger partial charge in [0, 0.05) is 29.5 Å². The average molecular weight is 393 g/mol. The summed E-state index contributed by atoms with van der Waals surface area (Å²) in [7, 11) is 0. The molecule has 2 amide bonds. The summed E-state index contributed by atoms with van der Waals surface area (Å²) in [6.07, 6.45) is 0. The van der Waals surface area contributed by atoms with E-state index < -0.39 is 0 Å². The van der Waals surface area contributed by atoms with Crippen LogP contribution in [0.15, 0.2) is 51.7 Å². The van der Waals surface area contributed by atoms with Crippen molar-refractivity contribution >= 4 is 34.5 Å². The van der Waals surface area contributed by atoms with Crippen molar-refractivity contribution in [2.24, 2.45) is 0 Å². The highest BCUT2D eigenvalue weighted by atomic mass is 32.2. The lowest BCUT2D eigenvalue weighted by molar-refractivity contribution is 0.0664. The SMILES string of the molecule is Cc1cc2oc(=O)cc(CSCCN3C(=O)c4ccccc4C3=O)c2cc1C. The molecule has 4 rings (SSSR count). The summed E-state index contributed by atoms with van der Waals surface area (Å²) in [6.45, 7) is 4.35. The standard InChI is InChI=1S/C22H19NO4S/c1-13-9-18-15(11-20(24)27-19(18)10-14(13)2)12-28-8-7-23-21(25)16-5-3-4-6-17(16)22(23)26/h3-6,9-11H,7-8,12H2,1-2H3. The van der Waals surface area contributed by atoms with E-state index in [0.717, 1.165) is 22.1 Å². The number of benzene rings is 2. The van der Waals surface area contributed by atoms with Gasteiger partial charge in [0.1, 0.15) is 5.58 Å². The van der Waals surface area contributed by atoms with Gasteiger partial charge in [0.15, 0.2) is 0 Å². The van der Waals surface area contributed by atoms with Crippen LogP contribution in [0, 0.1) is 13.8 Å². The van der Waals surface area contributed by atoms with Gasteiger partial charge in [-0.25, -0.2) is 4.79 Å². The first-order chi connectivity index (χ1) is 13.5. The average Bonchev–Trinajstić information content (AvgIpc) is 2.91. The van der Waals surface area contributed by atoms with E-state index in [4.69, 9.17) is 4.42 Å². The van der Waals surface area contributed by atoms with E-state index in [9.17, 15) is 14.4 Å². The van der Waals surface area contributed by atoms with Gasteiger partial charge in [-0.05, 0) is 54.8 Å². The van der Waals surface area contributed by atoms with E-state index in [2.05, 4.69) is 0 Å². The number of carbonyl (C=O) groups excluding carboxylic acids is 2. The number of hydrogen-bond acceptors (Lipinski definition) is 5. The topological polar surface area (TPSA) is 67.6 Å². The number of hydrogen-bond donors (Lipinski definition) is 0. The Morgan fingerprint density at radius 3 is 2.25 bits per heavy atom. The lowest BCUT2D eigenvalue weighted by atomic mass is 10.0. The largest absolute Gasteiger partial charge is 0.423 e. The second kappa shape index (κ2) is 7.28. The van der Waals surface area contributed by atoms with Gasteiger partial charge in [0.05, 0.1) is 11.1 Å². The Hall–Kier alpha value is -2.86. The molecule has 0 saturated carbocycles. The van der Waals surface area contributed by atoms with Crippen LogP contribution in [0.3, 0.4) is 0 Å². The van der Waals surface area contributed by atoms with Gasteiger partial charge < -0.3 is 4.42 Å². The Morgan fingerprint density at radius 2 is 1.57 bits per heavy atom. The van der Waals surface area contributed by atoms with Crippen LogP contribution in [-0.4, -0.2) is 29.0 Å². The molecule has 0 bridgehead atoms. The maximum atomic E-state index is 12.4. The minimum atomic E-state index is -0.369. The van der Waals surface area contributed by atoms with Crippen molar-refractivity contribution in [2.45, 2.75) is 19.6 Å². The van der Waals surface area contributed by atoms with Gasteiger partial charge >= 0.3 is 5.63 Å². The molecule has 0 spiro atoms. The van der Waals surface area contributed by atoms with Crippen molar-refractivity contribution in [1.82, 2.24) is 4.90 Å². The van der Waals surface area contributed by atoms with Crippen LogP contribution in [0.25, 0.3) is 11.0 Å². The molecule has 2 heterocycles. The summed E-state index contributed by atoms with van der Waals surface area (Å²) in [5.74, 6) is 0.724. The van der Waals surface area contributed by atoms with Crippen LogP contribution >= 0.6 is 11.8 Å². The minimum Gasteiger partial charge on any atom is -0.423 e. The third-order valence-corrected chi connectivity index (χ3v) is 6.03. The number of thioether (sulfide) groups is 1. The molecule has 0 fully saturated rings. The molecular formula is C22H19NO4S. The van der Waals surface area contributed by atoms with E-state index >= 15 is 0 Å². The second-order valence-electron chi connectivity index (χ2n) is 6.88. The highest BCUT2D eigenvalue weighted by Crippen LogP contribution is 2.26. The zero-order chi connectivity index (χ0) is 19.8. The van der Waals surface area contributed by atoms with Gasteiger partial charge in [0.2, 0.25) is 0 Å². The molecule has 0 aliphatic carbocycles. The van der Waals surface area contributed by atoms with Crippen LogP contribution < -0.4 is 5.63 Å². The van der Waals surface area contributed by atoms with Crippen molar-refractivity contribution in [3.8, 4) is 0 Å². The molecule has 28 heavy (non-hydrogen) atoms. The molecule has 0 saturated heterocycles. The summed E-state index contributed by atoms with van der Waals surface area (Å²) in [6, 6.07) is 12.3. The zero-order valence-corrected chi connectivity index (χ0v) is 16.5. The number of imide groups is 1. The van der Waals surface area contributed by atoms with Gasteiger partial charge in [-0.3, -0.25) is 14.5 Å². The number of nitrogens with zero attached hydrogens (tertiary/aromatic N) is 1. The molecule has 2 aromatic carbocycles. The van der Waals surface area contributed by atoms with Crippen molar-refractivity contribution in [2.75, 3.05) is 12.3 Å². The fourth-order valence-electron chi connectivity index (χ4n) is 3.38. The Kier molecular flexibility index (Phi) is 4.81. The summed E-state index contributed by atoms with van der Waals surface area (Å²) < 4.78 is 5.33. The van der Waals surface area contributed by atoms with E-state index in [0.29, 0.717) is 34.8 Å². The quantitative estimate of drug-likeness (QED) is 0.373. The Labute approximate surface area is 166 Å². The maximum Gasteiger partial charge on any atom is 0.336 e. The molecule has 1 aliphatic heterocycles. The summed E-state index contributed by atoms with van der Waals surface area (Å²) in [5.41, 5.74) is 4.27. The smallest absolute Gasteiger partial charge is 0.336 e. The first kappa shape index (κ1) is 18.5. The molecule has 1 aromatic heterocycles. The molecule has 6 heteroatoms. The summed E-state index contributed by atoms with van der Waals surface area (Å²) in [5, 5.41) is 0.927. The van der Waals surface area contributed by atoms with Gasteiger partial charge in [-0.1, -0.05) is 12.1 Å². The van der Waals surface area contributed by atoms with Crippen LogP contribution in [0.1, 0.15) is 37.4 Å². The summed E-state index contributed by atoms with van der Waals surface area (Å²) >= 11 is 1.58. The lowest BCUT2D eigenvalue weighted by Gasteiger charge is -2.13. The highest BCUT2D eigenvalue weighted by molar-refractivity contribution is 7.98. The predicted octanol–water partition coefficient (Wildman–Crippen LogP) is 3.94. The number of carbonyl (C=O) groups is 2. The third kappa shape index (κ3) is 3.24. The molecule has 1 aliphatic rings. The van der Waals surface area contributed by atoms with Crippen LogP contribution in [0.2, 0.25) is 0 Å². The zero-order valence-electron chi connectivity index (χ0n) is 15.7. The first-order valence-electron chi connectivity index (χ1n) is 9.02. The lowest BCUT2D eigenvalue weighted by Crippen LogP contribution is -2.31. The van der Waals surface area contributed by atoms with Crippen molar-refractivity contribution < 1.29 is 14.0 Å². The van der Waals surface area contributed by atoms with Crippen LogP contribution in [0.5, 0.6) is 0 Å². The monoisotopic (exact) mass is 393 g/mol. The highest BCUT2D eigenvalue weighted by Gasteiger charge is 2.34. The van der Waals surface area contributed by atoms with E-state index in [-0.39, 0.29) is 17.4 Å². The minimum absolute atomic E-state index is 0.238. The first-order valence-corrected chi connectivity index (χ1v) is 10.2. The molecule has 0 radical (unpaired) electrons. The van der Waals surface area contributed by atoms with Gasteiger partial charge in [-0.15, -0.1) is 0 Å². The molecule has 3 aromatic rings. The Bertz CT molecular complexity index is 1130.